The fraction of sp³-hybridized carbons (Fsp3) is 0.381. The Labute approximate surface area is 158 Å². The number of ether oxygens (including phenoxy) is 4. The highest BCUT2D eigenvalue weighted by molar-refractivity contribution is 5.66. The van der Waals surface area contributed by atoms with Crippen molar-refractivity contribution in [1.82, 2.24) is 0 Å². The number of rotatable bonds is 7. The fourth-order valence-electron chi connectivity index (χ4n) is 2.89. The maximum absolute atomic E-state index is 11.5. The lowest BCUT2D eigenvalue weighted by molar-refractivity contribution is -0.285. The van der Waals surface area contributed by atoms with E-state index in [0.29, 0.717) is 6.61 Å². The molecule has 4 atom stereocenters. The van der Waals surface area contributed by atoms with Crippen molar-refractivity contribution in [2.45, 2.75) is 44.7 Å². The minimum Gasteiger partial charge on any atom is -0.454 e. The average molecular weight is 372 g/mol. The van der Waals surface area contributed by atoms with Crippen LogP contribution < -0.4 is 0 Å². The normalized spacial score (nSPS) is 25.1. The van der Waals surface area contributed by atoms with Crippen LogP contribution in [0, 0.1) is 0 Å². The SMILES string of the molecule is CC(=O)O[C@H]1[C@@H](OCc2ccccc2)OC[C@H](OCc2ccccc2)[C@@H]1O. The number of aliphatic hydroxyl groups is 1. The molecule has 2 aromatic carbocycles. The van der Waals surface area contributed by atoms with E-state index in [9.17, 15) is 9.90 Å². The van der Waals surface area contributed by atoms with Gasteiger partial charge in [-0.25, -0.2) is 0 Å². The molecule has 1 saturated heterocycles. The van der Waals surface area contributed by atoms with E-state index in [0.717, 1.165) is 11.1 Å². The lowest BCUT2D eigenvalue weighted by atomic mass is 10.0. The van der Waals surface area contributed by atoms with E-state index in [4.69, 9.17) is 18.9 Å². The van der Waals surface area contributed by atoms with Crippen LogP contribution in [0.5, 0.6) is 0 Å². The van der Waals surface area contributed by atoms with Crippen LogP contribution >= 0.6 is 0 Å². The Balaban J connectivity index is 1.60. The van der Waals surface area contributed by atoms with E-state index in [-0.39, 0.29) is 13.2 Å². The van der Waals surface area contributed by atoms with E-state index in [1.807, 2.05) is 60.7 Å². The molecule has 0 bridgehead atoms. The average Bonchev–Trinajstić information content (AvgIpc) is 2.69. The van der Waals surface area contributed by atoms with Crippen LogP contribution in [0.4, 0.5) is 0 Å². The third-order valence-electron chi connectivity index (χ3n) is 4.28. The predicted octanol–water partition coefficient (Wildman–Crippen LogP) is 2.44. The zero-order chi connectivity index (χ0) is 19.1. The van der Waals surface area contributed by atoms with Gasteiger partial charge in [0.1, 0.15) is 12.2 Å². The van der Waals surface area contributed by atoms with E-state index in [1.165, 1.54) is 6.92 Å². The second-order valence-corrected chi connectivity index (χ2v) is 6.40. The van der Waals surface area contributed by atoms with Crippen LogP contribution in [-0.4, -0.2) is 42.3 Å². The molecule has 1 fully saturated rings. The molecular formula is C21H24O6. The van der Waals surface area contributed by atoms with Crippen molar-refractivity contribution in [3.8, 4) is 0 Å². The van der Waals surface area contributed by atoms with Gasteiger partial charge in [-0.05, 0) is 11.1 Å². The van der Waals surface area contributed by atoms with Crippen LogP contribution in [0.15, 0.2) is 60.7 Å². The highest BCUT2D eigenvalue weighted by Gasteiger charge is 2.43. The van der Waals surface area contributed by atoms with Crippen molar-refractivity contribution in [1.29, 1.82) is 0 Å². The predicted molar refractivity (Wildman–Crippen MR) is 97.6 cm³/mol. The van der Waals surface area contributed by atoms with Crippen LogP contribution in [0.25, 0.3) is 0 Å². The Bertz CT molecular complexity index is 705. The van der Waals surface area contributed by atoms with Gasteiger partial charge in [0.15, 0.2) is 12.4 Å². The molecule has 144 valence electrons. The summed E-state index contributed by atoms with van der Waals surface area (Å²) in [6.45, 7) is 2.04. The summed E-state index contributed by atoms with van der Waals surface area (Å²) in [5.41, 5.74) is 1.94. The molecule has 0 radical (unpaired) electrons. The van der Waals surface area contributed by atoms with Crippen LogP contribution in [0.1, 0.15) is 18.1 Å². The summed E-state index contributed by atoms with van der Waals surface area (Å²) in [6, 6.07) is 19.2. The van der Waals surface area contributed by atoms with Gasteiger partial charge in [0.25, 0.3) is 0 Å². The fourth-order valence-corrected chi connectivity index (χ4v) is 2.89. The molecule has 0 unspecified atom stereocenters. The molecular weight excluding hydrogens is 348 g/mol. The Kier molecular flexibility index (Phi) is 6.95. The van der Waals surface area contributed by atoms with Crippen molar-refractivity contribution < 1.29 is 28.8 Å². The first kappa shape index (κ1) is 19.5. The molecule has 0 spiro atoms. The van der Waals surface area contributed by atoms with Gasteiger partial charge in [0, 0.05) is 6.92 Å². The molecule has 3 rings (SSSR count). The number of esters is 1. The molecule has 0 amide bonds. The zero-order valence-electron chi connectivity index (χ0n) is 15.2. The first-order valence-corrected chi connectivity index (χ1v) is 8.91. The lowest BCUT2D eigenvalue weighted by Gasteiger charge is -2.38. The second kappa shape index (κ2) is 9.62. The Hall–Kier alpha value is -2.25. The van der Waals surface area contributed by atoms with Crippen molar-refractivity contribution in [2.75, 3.05) is 6.61 Å². The Morgan fingerprint density at radius 1 is 1.00 bits per heavy atom. The van der Waals surface area contributed by atoms with Gasteiger partial charge < -0.3 is 24.1 Å². The lowest BCUT2D eigenvalue weighted by Crippen LogP contribution is -2.56. The Morgan fingerprint density at radius 3 is 2.11 bits per heavy atom. The van der Waals surface area contributed by atoms with Crippen molar-refractivity contribution in [3.63, 3.8) is 0 Å². The number of aliphatic hydroxyl groups excluding tert-OH is 1. The van der Waals surface area contributed by atoms with Gasteiger partial charge >= 0.3 is 5.97 Å². The molecule has 1 heterocycles. The van der Waals surface area contributed by atoms with Gasteiger partial charge in [0.05, 0.1) is 19.8 Å². The molecule has 1 aliphatic heterocycles. The summed E-state index contributed by atoms with van der Waals surface area (Å²) in [4.78, 5) is 11.5. The summed E-state index contributed by atoms with van der Waals surface area (Å²) in [5.74, 6) is -0.514. The minimum atomic E-state index is -1.05. The number of carbonyl (C=O) groups excluding carboxylic acids is 1. The van der Waals surface area contributed by atoms with Crippen LogP contribution in [0.2, 0.25) is 0 Å². The largest absolute Gasteiger partial charge is 0.454 e. The van der Waals surface area contributed by atoms with Crippen LogP contribution in [0.3, 0.4) is 0 Å². The Morgan fingerprint density at radius 2 is 1.56 bits per heavy atom. The number of hydrogen-bond donors (Lipinski definition) is 1. The molecule has 0 aromatic heterocycles. The minimum absolute atomic E-state index is 0.144. The molecule has 1 aliphatic rings. The summed E-state index contributed by atoms with van der Waals surface area (Å²) >= 11 is 0. The van der Waals surface area contributed by atoms with Crippen LogP contribution in [-0.2, 0) is 37.0 Å². The highest BCUT2D eigenvalue weighted by Crippen LogP contribution is 2.24. The summed E-state index contributed by atoms with van der Waals surface area (Å²) in [5, 5.41) is 10.7. The molecule has 1 N–H and O–H groups in total. The molecule has 0 aliphatic carbocycles. The number of carbonyl (C=O) groups is 1. The van der Waals surface area contributed by atoms with Crippen molar-refractivity contribution in [3.05, 3.63) is 71.8 Å². The monoisotopic (exact) mass is 372 g/mol. The topological polar surface area (TPSA) is 74.2 Å². The molecule has 27 heavy (non-hydrogen) atoms. The molecule has 0 saturated carbocycles. The van der Waals surface area contributed by atoms with Crippen molar-refractivity contribution in [2.24, 2.45) is 0 Å². The number of benzene rings is 2. The summed E-state index contributed by atoms with van der Waals surface area (Å²) < 4.78 is 22.5. The van der Waals surface area contributed by atoms with Crippen molar-refractivity contribution >= 4 is 5.97 Å². The molecule has 2 aromatic rings. The first-order valence-electron chi connectivity index (χ1n) is 8.91. The van der Waals surface area contributed by atoms with Gasteiger partial charge in [-0.1, -0.05) is 60.7 Å². The third-order valence-corrected chi connectivity index (χ3v) is 4.28. The van der Waals surface area contributed by atoms with E-state index >= 15 is 0 Å². The quantitative estimate of drug-likeness (QED) is 0.753. The van der Waals surface area contributed by atoms with E-state index in [2.05, 4.69) is 0 Å². The maximum atomic E-state index is 11.5. The van der Waals surface area contributed by atoms with Gasteiger partial charge in [-0.3, -0.25) is 4.79 Å². The summed E-state index contributed by atoms with van der Waals surface area (Å²) in [7, 11) is 0. The van der Waals surface area contributed by atoms with Gasteiger partial charge in [0.2, 0.25) is 0 Å². The third kappa shape index (κ3) is 5.61. The maximum Gasteiger partial charge on any atom is 0.303 e. The highest BCUT2D eigenvalue weighted by atomic mass is 16.7. The summed E-state index contributed by atoms with van der Waals surface area (Å²) in [6.07, 6.45) is -3.49. The van der Waals surface area contributed by atoms with E-state index < -0.39 is 30.6 Å². The standard InChI is InChI=1S/C21H24O6/c1-15(22)27-20-19(23)18(24-12-16-8-4-2-5-9-16)14-26-21(20)25-13-17-10-6-3-7-11-17/h2-11,18-21,23H,12-14H2,1H3/t18-,19-,20+,21-/m0/s1. The van der Waals surface area contributed by atoms with Gasteiger partial charge in [-0.2, -0.15) is 0 Å². The molecule has 6 heteroatoms. The van der Waals surface area contributed by atoms with E-state index in [1.54, 1.807) is 0 Å². The second-order valence-electron chi connectivity index (χ2n) is 6.40. The molecule has 6 nitrogen and oxygen atoms in total. The smallest absolute Gasteiger partial charge is 0.303 e. The first-order chi connectivity index (χ1) is 13.1. The number of hydrogen-bond acceptors (Lipinski definition) is 6. The zero-order valence-corrected chi connectivity index (χ0v) is 15.2. The van der Waals surface area contributed by atoms with Gasteiger partial charge in [-0.15, -0.1) is 0 Å².